The quantitative estimate of drug-likeness (QED) is 0.737. The molecule has 3 aromatic rings. The molecule has 6 heteroatoms. The zero-order chi connectivity index (χ0) is 13.9. The number of thiophene rings is 1. The summed E-state index contributed by atoms with van der Waals surface area (Å²) in [7, 11) is 1.60. The molecule has 0 spiro atoms. The second kappa shape index (κ2) is 5.15. The van der Waals surface area contributed by atoms with E-state index in [2.05, 4.69) is 16.2 Å². The number of hydrogen-bond donors (Lipinski definition) is 0. The monoisotopic (exact) mass is 283 g/mol. The van der Waals surface area contributed by atoms with Gasteiger partial charge in [-0.3, -0.25) is 0 Å². The molecule has 0 unspecified atom stereocenters. The van der Waals surface area contributed by atoms with Crippen LogP contribution in [0, 0.1) is 11.3 Å². The van der Waals surface area contributed by atoms with Crippen LogP contribution in [0.25, 0.3) is 22.2 Å². The molecule has 0 saturated heterocycles. The molecule has 2 heterocycles. The summed E-state index contributed by atoms with van der Waals surface area (Å²) >= 11 is 1.40. The third kappa shape index (κ3) is 2.15. The molecular formula is C14H9N3O2S. The minimum atomic E-state index is 0.356. The van der Waals surface area contributed by atoms with E-state index in [4.69, 9.17) is 14.5 Å². The van der Waals surface area contributed by atoms with E-state index in [1.54, 1.807) is 13.2 Å². The molecule has 0 bridgehead atoms. The normalized spacial score (nSPS) is 10.2. The van der Waals surface area contributed by atoms with Crippen molar-refractivity contribution in [3.05, 3.63) is 41.3 Å². The van der Waals surface area contributed by atoms with Crippen LogP contribution in [-0.4, -0.2) is 17.3 Å². The van der Waals surface area contributed by atoms with Gasteiger partial charge >= 0.3 is 0 Å². The van der Waals surface area contributed by atoms with Crippen molar-refractivity contribution in [2.45, 2.75) is 0 Å². The number of nitriles is 1. The van der Waals surface area contributed by atoms with Gasteiger partial charge in [-0.2, -0.15) is 10.2 Å². The molecule has 98 valence electrons. The number of benzene rings is 1. The third-order valence-electron chi connectivity index (χ3n) is 2.73. The fraction of sp³-hybridized carbons (Fsp3) is 0.0714. The lowest BCUT2D eigenvalue weighted by atomic mass is 10.2. The summed E-state index contributed by atoms with van der Waals surface area (Å²) in [5.41, 5.74) is 1.34. The second-order valence-corrected chi connectivity index (χ2v) is 4.85. The van der Waals surface area contributed by atoms with Gasteiger partial charge in [0, 0.05) is 5.56 Å². The highest BCUT2D eigenvalue weighted by atomic mass is 32.1. The van der Waals surface area contributed by atoms with E-state index in [-0.39, 0.29) is 0 Å². The third-order valence-corrected chi connectivity index (χ3v) is 3.64. The molecule has 0 aliphatic carbocycles. The van der Waals surface area contributed by atoms with Crippen molar-refractivity contribution in [3.63, 3.8) is 0 Å². The van der Waals surface area contributed by atoms with Crippen LogP contribution in [-0.2, 0) is 0 Å². The first-order chi connectivity index (χ1) is 9.81. The van der Waals surface area contributed by atoms with Gasteiger partial charge in [0.25, 0.3) is 5.89 Å². The highest BCUT2D eigenvalue weighted by Gasteiger charge is 2.15. The zero-order valence-corrected chi connectivity index (χ0v) is 11.3. The van der Waals surface area contributed by atoms with Crippen LogP contribution in [0.4, 0.5) is 0 Å². The molecule has 0 aliphatic rings. The smallest absolute Gasteiger partial charge is 0.269 e. The van der Waals surface area contributed by atoms with E-state index in [1.807, 2.05) is 29.6 Å². The minimum Gasteiger partial charge on any atom is -0.497 e. The summed E-state index contributed by atoms with van der Waals surface area (Å²) in [5, 5.41) is 14.8. The number of rotatable bonds is 3. The van der Waals surface area contributed by atoms with Crippen LogP contribution >= 0.6 is 11.3 Å². The molecule has 20 heavy (non-hydrogen) atoms. The Morgan fingerprint density at radius 2 is 2.25 bits per heavy atom. The fourth-order valence-corrected chi connectivity index (χ4v) is 2.52. The maximum atomic E-state index is 9.01. The predicted octanol–water partition coefficient (Wildman–Crippen LogP) is 3.35. The highest BCUT2D eigenvalue weighted by molar-refractivity contribution is 7.13. The van der Waals surface area contributed by atoms with Gasteiger partial charge in [-0.25, -0.2) is 0 Å². The van der Waals surface area contributed by atoms with Crippen LogP contribution < -0.4 is 4.74 Å². The van der Waals surface area contributed by atoms with Crippen LogP contribution in [0.15, 0.2) is 40.2 Å². The van der Waals surface area contributed by atoms with E-state index in [1.165, 1.54) is 11.3 Å². The van der Waals surface area contributed by atoms with Crippen LogP contribution in [0.1, 0.15) is 5.56 Å². The zero-order valence-electron chi connectivity index (χ0n) is 10.5. The summed E-state index contributed by atoms with van der Waals surface area (Å²) in [6.07, 6.45) is 0. The molecule has 0 aliphatic heterocycles. The van der Waals surface area contributed by atoms with Gasteiger partial charge in [0.05, 0.1) is 12.7 Å². The Kier molecular flexibility index (Phi) is 3.19. The molecular weight excluding hydrogens is 274 g/mol. The number of hydrogen-bond acceptors (Lipinski definition) is 6. The fourth-order valence-electron chi connectivity index (χ4n) is 1.76. The topological polar surface area (TPSA) is 71.9 Å². The summed E-state index contributed by atoms with van der Waals surface area (Å²) in [5.74, 6) is 1.55. The molecule has 3 rings (SSSR count). The van der Waals surface area contributed by atoms with Crippen LogP contribution in [0.3, 0.4) is 0 Å². The molecule has 0 fully saturated rings. The number of methoxy groups -OCH3 is 1. The van der Waals surface area contributed by atoms with Gasteiger partial charge in [0.1, 0.15) is 16.7 Å². The summed E-state index contributed by atoms with van der Waals surface area (Å²) in [4.78, 5) is 5.02. The van der Waals surface area contributed by atoms with Crippen molar-refractivity contribution >= 4 is 11.3 Å². The Hall–Kier alpha value is -2.65. The maximum Gasteiger partial charge on any atom is 0.269 e. The minimum absolute atomic E-state index is 0.356. The molecule has 1 aromatic carbocycles. The van der Waals surface area contributed by atoms with Gasteiger partial charge in [-0.1, -0.05) is 17.3 Å². The van der Waals surface area contributed by atoms with E-state index in [0.717, 1.165) is 11.3 Å². The lowest BCUT2D eigenvalue weighted by Gasteiger charge is -1.99. The van der Waals surface area contributed by atoms with Crippen molar-refractivity contribution < 1.29 is 9.26 Å². The summed E-state index contributed by atoms with van der Waals surface area (Å²) < 4.78 is 10.4. The maximum absolute atomic E-state index is 9.01. The first-order valence-electron chi connectivity index (χ1n) is 5.78. The molecule has 0 amide bonds. The van der Waals surface area contributed by atoms with Gasteiger partial charge in [-0.05, 0) is 23.6 Å². The van der Waals surface area contributed by atoms with Crippen LogP contribution in [0.5, 0.6) is 5.75 Å². The van der Waals surface area contributed by atoms with Crippen molar-refractivity contribution in [3.8, 4) is 34.0 Å². The first kappa shape index (κ1) is 12.4. The highest BCUT2D eigenvalue weighted by Crippen LogP contribution is 2.30. The number of nitrogens with zero attached hydrogens (tertiary/aromatic N) is 3. The van der Waals surface area contributed by atoms with E-state index in [9.17, 15) is 0 Å². The first-order valence-corrected chi connectivity index (χ1v) is 6.66. The van der Waals surface area contributed by atoms with Gasteiger partial charge in [-0.15, -0.1) is 11.3 Å². The molecule has 5 nitrogen and oxygen atoms in total. The Balaban J connectivity index is 2.00. The van der Waals surface area contributed by atoms with Crippen molar-refractivity contribution in [2.75, 3.05) is 7.11 Å². The predicted molar refractivity (Wildman–Crippen MR) is 74.3 cm³/mol. The molecule has 0 radical (unpaired) electrons. The average molecular weight is 283 g/mol. The van der Waals surface area contributed by atoms with E-state index in [0.29, 0.717) is 22.2 Å². The van der Waals surface area contributed by atoms with Gasteiger partial charge in [0.2, 0.25) is 5.82 Å². The van der Waals surface area contributed by atoms with Gasteiger partial charge in [0.15, 0.2) is 0 Å². The Morgan fingerprint density at radius 1 is 1.35 bits per heavy atom. The van der Waals surface area contributed by atoms with Crippen LogP contribution in [0.2, 0.25) is 0 Å². The summed E-state index contributed by atoms with van der Waals surface area (Å²) in [6.45, 7) is 0. The standard InChI is InChI=1S/C14H9N3O2S/c1-18-11-4-2-3-9(7-11)13-16-14(19-17-13)12-10(8-15)5-6-20-12/h2-7H,1H3. The Labute approximate surface area is 119 Å². The second-order valence-electron chi connectivity index (χ2n) is 3.93. The van der Waals surface area contributed by atoms with Crippen molar-refractivity contribution in [1.29, 1.82) is 5.26 Å². The lowest BCUT2D eigenvalue weighted by molar-refractivity contribution is 0.414. The Bertz CT molecular complexity index is 786. The molecule has 0 atom stereocenters. The SMILES string of the molecule is COc1cccc(-c2noc(-c3sccc3C#N)n2)c1. The van der Waals surface area contributed by atoms with E-state index < -0.39 is 0 Å². The van der Waals surface area contributed by atoms with E-state index >= 15 is 0 Å². The van der Waals surface area contributed by atoms with Gasteiger partial charge < -0.3 is 9.26 Å². The van der Waals surface area contributed by atoms with Crippen molar-refractivity contribution in [1.82, 2.24) is 10.1 Å². The summed E-state index contributed by atoms with van der Waals surface area (Å²) in [6, 6.07) is 11.2. The average Bonchev–Trinajstić information content (AvgIpc) is 3.15. The Morgan fingerprint density at radius 3 is 3.05 bits per heavy atom. The molecule has 0 N–H and O–H groups in total. The largest absolute Gasteiger partial charge is 0.497 e. The molecule has 2 aromatic heterocycles. The van der Waals surface area contributed by atoms with Crippen molar-refractivity contribution in [2.24, 2.45) is 0 Å². The number of aromatic nitrogens is 2. The number of ether oxygens (including phenoxy) is 1. The lowest BCUT2D eigenvalue weighted by Crippen LogP contribution is -1.85. The molecule has 0 saturated carbocycles.